The van der Waals surface area contributed by atoms with Crippen LogP contribution in [-0.2, 0) is 4.79 Å². The van der Waals surface area contributed by atoms with E-state index in [1.54, 1.807) is 6.20 Å². The summed E-state index contributed by atoms with van der Waals surface area (Å²) in [6.45, 7) is 3.20. The van der Waals surface area contributed by atoms with Crippen molar-refractivity contribution in [3.05, 3.63) is 24.6 Å². The summed E-state index contributed by atoms with van der Waals surface area (Å²) in [5.74, 6) is -0.139. The molecule has 0 radical (unpaired) electrons. The number of allylic oxidation sites excluding steroid dienone is 2. The van der Waals surface area contributed by atoms with Gasteiger partial charge in [-0.15, -0.1) is 0 Å². The maximum absolute atomic E-state index is 11.2. The first-order chi connectivity index (χ1) is 16.6. The molecule has 0 saturated heterocycles. The Kier molecular flexibility index (Phi) is 18.8. The predicted molar refractivity (Wildman–Crippen MR) is 143 cm³/mol. The van der Waals surface area contributed by atoms with Crippen LogP contribution in [0.4, 0.5) is 0 Å². The summed E-state index contributed by atoms with van der Waals surface area (Å²) in [6.07, 6.45) is 33.0. The molecule has 5 heteroatoms. The third-order valence-electron chi connectivity index (χ3n) is 6.94. The minimum atomic E-state index is -1.05. The number of hydrogen-bond acceptors (Lipinski definition) is 4. The second-order valence-corrected chi connectivity index (χ2v) is 10.0. The Bertz CT molecular complexity index is 600. The van der Waals surface area contributed by atoms with E-state index in [1.807, 2.05) is 6.20 Å². The van der Waals surface area contributed by atoms with Crippen LogP contribution in [0.5, 0.6) is 0 Å². The average Bonchev–Trinajstić information content (AvgIpc) is 3.19. The molecule has 1 heterocycles. The molecule has 0 aromatic heterocycles. The van der Waals surface area contributed by atoms with Gasteiger partial charge in [0, 0.05) is 13.0 Å². The van der Waals surface area contributed by atoms with Gasteiger partial charge < -0.3 is 15.6 Å². The minimum Gasteiger partial charge on any atom is -0.544 e. The zero-order chi connectivity index (χ0) is 24.7. The molecule has 0 aromatic rings. The van der Waals surface area contributed by atoms with Crippen LogP contribution in [0.3, 0.4) is 0 Å². The zero-order valence-electron chi connectivity index (χ0n) is 22.2. The van der Waals surface area contributed by atoms with Crippen molar-refractivity contribution in [1.29, 1.82) is 0 Å². The molecule has 2 N–H and O–H groups in total. The fourth-order valence-corrected chi connectivity index (χ4v) is 4.86. The lowest BCUT2D eigenvalue weighted by Crippen LogP contribution is -2.55. The first-order valence-electron chi connectivity index (χ1n) is 14.3. The Morgan fingerprint density at radius 2 is 1.35 bits per heavy atom. The summed E-state index contributed by atoms with van der Waals surface area (Å²) >= 11 is 0. The standard InChI is InChI=1S/C29H53N3O2/c1-2-3-4-5-6-7-8-9-10-11-12-13-14-15-16-17-18-19-20-21-22-28-31-24-26-32(28,25-23-30)27-29(33)34/h15-16,24,26H,2-14,17-23,25,27,30H2,1H3/b16-15+. The first kappa shape index (κ1) is 30.6. The van der Waals surface area contributed by atoms with Gasteiger partial charge in [-0.2, -0.15) is 0 Å². The maximum Gasteiger partial charge on any atom is 0.207 e. The normalized spacial score (nSPS) is 17.6. The summed E-state index contributed by atoms with van der Waals surface area (Å²) in [5.41, 5.74) is 5.71. The number of amidine groups is 1. The summed E-state index contributed by atoms with van der Waals surface area (Å²) in [7, 11) is 0. The highest BCUT2D eigenvalue weighted by atomic mass is 16.4. The molecule has 34 heavy (non-hydrogen) atoms. The van der Waals surface area contributed by atoms with Gasteiger partial charge in [-0.05, 0) is 32.1 Å². The van der Waals surface area contributed by atoms with Gasteiger partial charge in [-0.25, -0.2) is 9.48 Å². The molecule has 1 aliphatic heterocycles. The van der Waals surface area contributed by atoms with E-state index in [0.29, 0.717) is 13.1 Å². The van der Waals surface area contributed by atoms with Crippen LogP contribution in [0.15, 0.2) is 29.5 Å². The van der Waals surface area contributed by atoms with E-state index in [1.165, 1.54) is 103 Å². The van der Waals surface area contributed by atoms with Crippen LogP contribution in [0.2, 0.25) is 0 Å². The van der Waals surface area contributed by atoms with E-state index in [9.17, 15) is 9.90 Å². The Hall–Kier alpha value is -1.46. The molecule has 0 aromatic carbocycles. The highest BCUT2D eigenvalue weighted by Gasteiger charge is 2.34. The van der Waals surface area contributed by atoms with Crippen LogP contribution in [0.25, 0.3) is 0 Å². The van der Waals surface area contributed by atoms with Crippen LogP contribution in [-0.4, -0.2) is 35.9 Å². The lowest BCUT2D eigenvalue weighted by molar-refractivity contribution is -0.780. The number of quaternary nitrogens is 1. The molecule has 0 aliphatic carbocycles. The number of carbonyl (C=O) groups is 1. The van der Waals surface area contributed by atoms with E-state index in [0.717, 1.165) is 25.1 Å². The predicted octanol–water partition coefficient (Wildman–Crippen LogP) is 6.38. The SMILES string of the molecule is CCCCCCCCCCCCCC/C=C/CCCCCCC1=NC=C[N+]1(CCN)CC(=O)[O-]. The van der Waals surface area contributed by atoms with Crippen molar-refractivity contribution in [2.45, 2.75) is 129 Å². The number of aliphatic carboxylic acids is 1. The smallest absolute Gasteiger partial charge is 0.207 e. The van der Waals surface area contributed by atoms with Crippen LogP contribution >= 0.6 is 0 Å². The van der Waals surface area contributed by atoms with Gasteiger partial charge >= 0.3 is 0 Å². The molecule has 0 fully saturated rings. The highest BCUT2D eigenvalue weighted by Crippen LogP contribution is 2.21. The second kappa shape index (κ2) is 20.9. The Morgan fingerprint density at radius 1 is 0.853 bits per heavy atom. The number of nitrogens with two attached hydrogens (primary N) is 1. The largest absolute Gasteiger partial charge is 0.544 e. The molecule has 1 unspecified atom stereocenters. The van der Waals surface area contributed by atoms with Crippen molar-refractivity contribution in [2.75, 3.05) is 19.6 Å². The first-order valence-corrected chi connectivity index (χ1v) is 14.3. The van der Waals surface area contributed by atoms with Crippen molar-refractivity contribution >= 4 is 11.8 Å². The lowest BCUT2D eigenvalue weighted by atomic mass is 10.0. The van der Waals surface area contributed by atoms with E-state index in [-0.39, 0.29) is 11.0 Å². The van der Waals surface area contributed by atoms with Gasteiger partial charge in [0.15, 0.2) is 0 Å². The molecule has 0 bridgehead atoms. The van der Waals surface area contributed by atoms with Gasteiger partial charge in [-0.3, -0.25) is 0 Å². The quantitative estimate of drug-likeness (QED) is 0.0999. The van der Waals surface area contributed by atoms with Gasteiger partial charge in [0.2, 0.25) is 5.84 Å². The van der Waals surface area contributed by atoms with Crippen LogP contribution in [0, 0.1) is 0 Å². The summed E-state index contributed by atoms with van der Waals surface area (Å²) in [4.78, 5) is 15.6. The van der Waals surface area contributed by atoms with Crippen molar-refractivity contribution in [3.8, 4) is 0 Å². The monoisotopic (exact) mass is 475 g/mol. The highest BCUT2D eigenvalue weighted by molar-refractivity contribution is 5.80. The summed E-state index contributed by atoms with van der Waals surface area (Å²) in [5, 5.41) is 11.2. The molecule has 0 amide bonds. The molecule has 0 spiro atoms. The number of rotatable bonds is 24. The number of carboxylic acids is 1. The molecular weight excluding hydrogens is 422 g/mol. The third kappa shape index (κ3) is 14.7. The summed E-state index contributed by atoms with van der Waals surface area (Å²) in [6, 6.07) is 0. The average molecular weight is 476 g/mol. The van der Waals surface area contributed by atoms with Gasteiger partial charge in [-0.1, -0.05) is 103 Å². The van der Waals surface area contributed by atoms with E-state index >= 15 is 0 Å². The third-order valence-corrected chi connectivity index (χ3v) is 6.94. The summed E-state index contributed by atoms with van der Waals surface area (Å²) < 4.78 is 0.237. The fourth-order valence-electron chi connectivity index (χ4n) is 4.86. The van der Waals surface area contributed by atoms with E-state index < -0.39 is 5.97 Å². The number of nitrogens with zero attached hydrogens (tertiary/aromatic N) is 2. The number of unbranched alkanes of at least 4 members (excludes halogenated alkanes) is 16. The number of carbonyl (C=O) groups excluding carboxylic acids is 1. The number of aliphatic imine (C=N–C) groups is 1. The molecule has 0 saturated carbocycles. The molecule has 1 atom stereocenters. The van der Waals surface area contributed by atoms with E-state index in [4.69, 9.17) is 5.73 Å². The zero-order valence-corrected chi connectivity index (χ0v) is 22.2. The van der Waals surface area contributed by atoms with Crippen molar-refractivity contribution in [3.63, 3.8) is 0 Å². The van der Waals surface area contributed by atoms with Crippen molar-refractivity contribution in [1.82, 2.24) is 0 Å². The lowest BCUT2D eigenvalue weighted by Gasteiger charge is -2.32. The van der Waals surface area contributed by atoms with Crippen LogP contribution in [0.1, 0.15) is 129 Å². The Balaban J connectivity index is 1.92. The Morgan fingerprint density at radius 3 is 1.85 bits per heavy atom. The maximum atomic E-state index is 11.2. The van der Waals surface area contributed by atoms with Crippen molar-refractivity contribution < 1.29 is 14.4 Å². The van der Waals surface area contributed by atoms with E-state index in [2.05, 4.69) is 24.1 Å². The van der Waals surface area contributed by atoms with Crippen LogP contribution < -0.4 is 10.8 Å². The molecule has 5 nitrogen and oxygen atoms in total. The molecular formula is C29H53N3O2. The molecule has 1 aliphatic rings. The fraction of sp³-hybridized carbons (Fsp3) is 0.793. The Labute approximate surface area is 210 Å². The van der Waals surface area contributed by atoms with Crippen molar-refractivity contribution in [2.24, 2.45) is 10.7 Å². The van der Waals surface area contributed by atoms with Gasteiger partial charge in [0.25, 0.3) is 0 Å². The topological polar surface area (TPSA) is 78.5 Å². The van der Waals surface area contributed by atoms with Gasteiger partial charge in [0.1, 0.15) is 19.3 Å². The number of hydrogen-bond donors (Lipinski definition) is 1. The van der Waals surface area contributed by atoms with Gasteiger partial charge in [0.05, 0.1) is 12.2 Å². The molecule has 196 valence electrons. The molecule has 1 rings (SSSR count). The number of carboxylic acid groups (broad SMARTS) is 1. The minimum absolute atomic E-state index is 0.0729. The second-order valence-electron chi connectivity index (χ2n) is 10.0.